The van der Waals surface area contributed by atoms with Gasteiger partial charge in [-0.3, -0.25) is 4.72 Å². The topological polar surface area (TPSA) is 55.4 Å². The third kappa shape index (κ3) is 4.73. The van der Waals surface area contributed by atoms with Crippen LogP contribution in [0.3, 0.4) is 0 Å². The fourth-order valence-electron chi connectivity index (χ4n) is 1.11. The highest BCUT2D eigenvalue weighted by Gasteiger charge is 2.12. The molecular weight excluding hydrogens is 330 g/mol. The number of hydrogen-bond acceptors (Lipinski definition) is 3. The molecule has 0 saturated heterocycles. The Labute approximate surface area is 114 Å². The Morgan fingerprint density at radius 1 is 1.47 bits per heavy atom. The molecule has 17 heavy (non-hydrogen) atoms. The minimum atomic E-state index is -3.41. The van der Waals surface area contributed by atoms with Crippen LogP contribution in [0.4, 0.5) is 5.69 Å². The first-order valence-corrected chi connectivity index (χ1v) is 8.12. The van der Waals surface area contributed by atoms with Gasteiger partial charge < -0.3 is 4.74 Å². The Morgan fingerprint density at radius 3 is 2.76 bits per heavy atom. The molecule has 0 unspecified atom stereocenters. The number of alkyl halides is 1. The molecular formula is C10H13BrClNO3S. The van der Waals surface area contributed by atoms with E-state index in [4.69, 9.17) is 16.3 Å². The van der Waals surface area contributed by atoms with Gasteiger partial charge in [-0.2, -0.15) is 0 Å². The van der Waals surface area contributed by atoms with Crippen LogP contribution >= 0.6 is 27.5 Å². The van der Waals surface area contributed by atoms with Gasteiger partial charge in [-0.05, 0) is 24.6 Å². The number of anilines is 1. The normalized spacial score (nSPS) is 11.2. The molecule has 0 heterocycles. The maximum absolute atomic E-state index is 11.4. The highest BCUT2D eigenvalue weighted by molar-refractivity contribution is 9.10. The minimum absolute atomic E-state index is 0.181. The van der Waals surface area contributed by atoms with E-state index in [0.29, 0.717) is 23.1 Å². The van der Waals surface area contributed by atoms with Crippen LogP contribution in [0, 0.1) is 0 Å². The molecule has 0 atom stereocenters. The maximum atomic E-state index is 11.4. The van der Waals surface area contributed by atoms with E-state index in [9.17, 15) is 8.42 Å². The molecule has 0 saturated carbocycles. The first-order chi connectivity index (χ1) is 7.98. The molecule has 0 aliphatic rings. The molecule has 1 rings (SSSR count). The van der Waals surface area contributed by atoms with Crippen LogP contribution in [-0.4, -0.2) is 19.7 Å². The van der Waals surface area contributed by atoms with Crippen LogP contribution in [-0.2, 0) is 10.0 Å². The summed E-state index contributed by atoms with van der Waals surface area (Å²) in [5.41, 5.74) is 0.352. The van der Waals surface area contributed by atoms with Gasteiger partial charge >= 0.3 is 0 Å². The SMILES string of the molecule is CCCOc1ccc(Cl)cc1NS(=O)(=O)CBr. The van der Waals surface area contributed by atoms with Gasteiger partial charge in [-0.25, -0.2) is 8.42 Å². The molecule has 0 aromatic heterocycles. The molecule has 96 valence electrons. The zero-order valence-electron chi connectivity index (χ0n) is 9.24. The van der Waals surface area contributed by atoms with Crippen molar-refractivity contribution in [3.63, 3.8) is 0 Å². The number of hydrogen-bond donors (Lipinski definition) is 1. The molecule has 0 amide bonds. The predicted molar refractivity (Wildman–Crippen MR) is 73.6 cm³/mol. The van der Waals surface area contributed by atoms with Crippen LogP contribution in [0.5, 0.6) is 5.75 Å². The summed E-state index contributed by atoms with van der Waals surface area (Å²) in [4.78, 5) is 0. The zero-order valence-corrected chi connectivity index (χ0v) is 12.4. The Bertz CT molecular complexity index is 478. The minimum Gasteiger partial charge on any atom is -0.491 e. The maximum Gasteiger partial charge on any atom is 0.242 e. The van der Waals surface area contributed by atoms with Crippen LogP contribution in [0.25, 0.3) is 0 Å². The van der Waals surface area contributed by atoms with Crippen molar-refractivity contribution in [3.05, 3.63) is 23.2 Å². The smallest absolute Gasteiger partial charge is 0.242 e. The van der Waals surface area contributed by atoms with Gasteiger partial charge in [0.15, 0.2) is 0 Å². The summed E-state index contributed by atoms with van der Waals surface area (Å²) in [5, 5.41) is 0.445. The van der Waals surface area contributed by atoms with Gasteiger partial charge in [-0.15, -0.1) is 0 Å². The number of ether oxygens (including phenoxy) is 1. The lowest BCUT2D eigenvalue weighted by Gasteiger charge is -2.12. The van der Waals surface area contributed by atoms with Crippen LogP contribution in [0.1, 0.15) is 13.3 Å². The largest absolute Gasteiger partial charge is 0.491 e. The van der Waals surface area contributed by atoms with E-state index in [1.54, 1.807) is 12.1 Å². The molecule has 0 aliphatic heterocycles. The molecule has 1 aromatic rings. The van der Waals surface area contributed by atoms with Gasteiger partial charge in [0.25, 0.3) is 0 Å². The van der Waals surface area contributed by atoms with Crippen molar-refractivity contribution in [1.29, 1.82) is 0 Å². The number of nitrogens with one attached hydrogen (secondary N) is 1. The number of rotatable bonds is 6. The molecule has 0 spiro atoms. The Kier molecular flexibility index (Phi) is 5.55. The van der Waals surface area contributed by atoms with Crippen LogP contribution in [0.2, 0.25) is 5.02 Å². The summed E-state index contributed by atoms with van der Waals surface area (Å²) in [5.74, 6) is 0.473. The highest BCUT2D eigenvalue weighted by Crippen LogP contribution is 2.29. The number of halogens is 2. The Hall–Kier alpha value is -0.460. The quantitative estimate of drug-likeness (QED) is 0.808. The van der Waals surface area contributed by atoms with Crippen molar-refractivity contribution >= 4 is 43.2 Å². The average Bonchev–Trinajstić information content (AvgIpc) is 2.28. The second-order valence-corrected chi connectivity index (χ2v) is 6.78. The molecule has 7 heteroatoms. The number of benzene rings is 1. The molecule has 0 bridgehead atoms. The fourth-order valence-corrected chi connectivity index (χ4v) is 2.18. The van der Waals surface area contributed by atoms with E-state index < -0.39 is 10.0 Å². The third-order valence-electron chi connectivity index (χ3n) is 1.81. The lowest BCUT2D eigenvalue weighted by atomic mass is 10.3. The molecule has 1 N–H and O–H groups in total. The van der Waals surface area contributed by atoms with Crippen molar-refractivity contribution in [2.75, 3.05) is 16.0 Å². The summed E-state index contributed by atoms with van der Waals surface area (Å²) >= 11 is 8.72. The van der Waals surface area contributed by atoms with E-state index in [0.717, 1.165) is 6.42 Å². The summed E-state index contributed by atoms with van der Waals surface area (Å²) in [7, 11) is -3.41. The molecule has 4 nitrogen and oxygen atoms in total. The Balaban J connectivity index is 2.98. The molecule has 0 radical (unpaired) electrons. The third-order valence-corrected chi connectivity index (χ3v) is 4.67. The lowest BCUT2D eigenvalue weighted by Crippen LogP contribution is -2.14. The lowest BCUT2D eigenvalue weighted by molar-refractivity contribution is 0.319. The standard InChI is InChI=1S/C10H13BrClNO3S/c1-2-5-16-10-4-3-8(12)6-9(10)13-17(14,15)7-11/h3-4,6,13H,2,5,7H2,1H3. The first kappa shape index (κ1) is 14.6. The van der Waals surface area contributed by atoms with Crippen molar-refractivity contribution in [3.8, 4) is 5.75 Å². The monoisotopic (exact) mass is 341 g/mol. The van der Waals surface area contributed by atoms with Gasteiger partial charge in [-0.1, -0.05) is 34.5 Å². The fraction of sp³-hybridized carbons (Fsp3) is 0.400. The first-order valence-electron chi connectivity index (χ1n) is 4.97. The van der Waals surface area contributed by atoms with Gasteiger partial charge in [0, 0.05) is 5.02 Å². The van der Waals surface area contributed by atoms with Crippen molar-refractivity contribution in [2.45, 2.75) is 13.3 Å². The van der Waals surface area contributed by atoms with Crippen LogP contribution in [0.15, 0.2) is 18.2 Å². The molecule has 0 aliphatic carbocycles. The van der Waals surface area contributed by atoms with E-state index in [1.165, 1.54) is 6.07 Å². The summed E-state index contributed by atoms with van der Waals surface area (Å²) in [6.07, 6.45) is 0.841. The van der Waals surface area contributed by atoms with Gasteiger partial charge in [0.05, 0.1) is 12.3 Å². The predicted octanol–water partition coefficient (Wildman–Crippen LogP) is 3.22. The summed E-state index contributed by atoms with van der Waals surface area (Å²) in [6.45, 7) is 2.49. The van der Waals surface area contributed by atoms with E-state index in [-0.39, 0.29) is 4.66 Å². The molecule has 1 aromatic carbocycles. The average molecular weight is 343 g/mol. The van der Waals surface area contributed by atoms with Gasteiger partial charge in [0.1, 0.15) is 10.4 Å². The zero-order chi connectivity index (χ0) is 12.9. The van der Waals surface area contributed by atoms with Crippen molar-refractivity contribution in [2.24, 2.45) is 0 Å². The highest BCUT2D eigenvalue weighted by atomic mass is 79.9. The second-order valence-electron chi connectivity index (χ2n) is 3.31. The van der Waals surface area contributed by atoms with Gasteiger partial charge in [0.2, 0.25) is 10.0 Å². The summed E-state index contributed by atoms with van der Waals surface area (Å²) in [6, 6.07) is 4.81. The van der Waals surface area contributed by atoms with E-state index in [2.05, 4.69) is 20.7 Å². The second kappa shape index (κ2) is 6.47. The van der Waals surface area contributed by atoms with Crippen molar-refractivity contribution < 1.29 is 13.2 Å². The van der Waals surface area contributed by atoms with Crippen molar-refractivity contribution in [1.82, 2.24) is 0 Å². The Morgan fingerprint density at radius 2 is 2.18 bits per heavy atom. The van der Waals surface area contributed by atoms with E-state index in [1.807, 2.05) is 6.92 Å². The molecule has 0 fully saturated rings. The number of sulfonamides is 1. The van der Waals surface area contributed by atoms with E-state index >= 15 is 0 Å². The summed E-state index contributed by atoms with van der Waals surface area (Å²) < 4.78 is 30.6. The van der Waals surface area contributed by atoms with Crippen LogP contribution < -0.4 is 9.46 Å².